The van der Waals surface area contributed by atoms with Crippen LogP contribution in [0.1, 0.15) is 10.4 Å². The molecule has 2 aromatic rings. The van der Waals surface area contributed by atoms with Gasteiger partial charge in [0.05, 0.1) is 0 Å². The average molecular weight is 255 g/mol. The number of alkyl halides is 2. The molecule has 3 heteroatoms. The molecule has 0 saturated heterocycles. The van der Waals surface area contributed by atoms with Gasteiger partial charge in [-0.3, -0.25) is 0 Å². The molecule has 16 heavy (non-hydrogen) atoms. The third kappa shape index (κ3) is 2.55. The molecular weight excluding hydrogens is 246 g/mol. The molecule has 82 valence electrons. The molecule has 0 bridgehead atoms. The van der Waals surface area contributed by atoms with Crippen molar-refractivity contribution in [2.24, 2.45) is 0 Å². The normalized spacial score (nSPS) is 10.8. The maximum absolute atomic E-state index is 13.1. The van der Waals surface area contributed by atoms with Crippen LogP contribution in [0.2, 0.25) is 0 Å². The molecule has 0 aliphatic heterocycles. The van der Waals surface area contributed by atoms with Gasteiger partial charge >= 0.3 is 0 Å². The molecule has 0 amide bonds. The summed E-state index contributed by atoms with van der Waals surface area (Å²) in [6, 6.07) is 13.9. The molecule has 0 aromatic heterocycles. The van der Waals surface area contributed by atoms with Gasteiger partial charge in [0.2, 0.25) is 0 Å². The van der Waals surface area contributed by atoms with Crippen LogP contribution in [0.15, 0.2) is 48.5 Å². The fourth-order valence-electron chi connectivity index (χ4n) is 1.52. The van der Waals surface area contributed by atoms with E-state index < -0.39 is 4.84 Å². The van der Waals surface area contributed by atoms with E-state index >= 15 is 0 Å². The SMILES string of the molecule is Fc1cccc(-c2cccc(C(Cl)Cl)c2)c1. The second-order valence-corrected chi connectivity index (χ2v) is 4.53. The van der Waals surface area contributed by atoms with E-state index in [2.05, 4.69) is 0 Å². The lowest BCUT2D eigenvalue weighted by molar-refractivity contribution is 0.628. The molecule has 0 atom stereocenters. The lowest BCUT2D eigenvalue weighted by Gasteiger charge is -2.06. The Balaban J connectivity index is 2.44. The Labute approximate surface area is 104 Å². The van der Waals surface area contributed by atoms with Gasteiger partial charge in [0.1, 0.15) is 10.7 Å². The Bertz CT molecular complexity index is 495. The molecule has 0 heterocycles. The number of hydrogen-bond donors (Lipinski definition) is 0. The number of benzene rings is 2. The Morgan fingerprint density at radius 3 is 2.12 bits per heavy atom. The Hall–Kier alpha value is -1.05. The first kappa shape index (κ1) is 11.4. The minimum Gasteiger partial charge on any atom is -0.207 e. The van der Waals surface area contributed by atoms with Gasteiger partial charge in [-0.2, -0.15) is 0 Å². The average Bonchev–Trinajstić information content (AvgIpc) is 2.29. The maximum Gasteiger partial charge on any atom is 0.132 e. The fourth-order valence-corrected chi connectivity index (χ4v) is 1.79. The predicted octanol–water partition coefficient (Wildman–Crippen LogP) is 4.97. The van der Waals surface area contributed by atoms with E-state index in [1.54, 1.807) is 6.07 Å². The zero-order valence-corrected chi connectivity index (χ0v) is 9.84. The molecule has 0 saturated carbocycles. The fraction of sp³-hybridized carbons (Fsp3) is 0.0769. The first-order valence-electron chi connectivity index (χ1n) is 4.81. The molecule has 0 aliphatic carbocycles. The highest BCUT2D eigenvalue weighted by Gasteiger charge is 2.05. The number of rotatable bonds is 2. The molecule has 0 unspecified atom stereocenters. The summed E-state index contributed by atoms with van der Waals surface area (Å²) in [6.07, 6.45) is 0. The minimum absolute atomic E-state index is 0.254. The van der Waals surface area contributed by atoms with Gasteiger partial charge < -0.3 is 0 Å². The zero-order valence-electron chi connectivity index (χ0n) is 8.33. The number of hydrogen-bond acceptors (Lipinski definition) is 0. The van der Waals surface area contributed by atoms with E-state index in [4.69, 9.17) is 23.2 Å². The summed E-state index contributed by atoms with van der Waals surface area (Å²) in [4.78, 5) is -0.562. The molecule has 2 aromatic carbocycles. The first-order chi connectivity index (χ1) is 7.66. The van der Waals surface area contributed by atoms with E-state index in [0.29, 0.717) is 0 Å². The molecular formula is C13H9Cl2F. The van der Waals surface area contributed by atoms with E-state index in [0.717, 1.165) is 16.7 Å². The summed E-state index contributed by atoms with van der Waals surface area (Å²) < 4.78 is 13.1. The quantitative estimate of drug-likeness (QED) is 0.664. The van der Waals surface area contributed by atoms with Crippen molar-refractivity contribution in [1.29, 1.82) is 0 Å². The first-order valence-corrected chi connectivity index (χ1v) is 5.68. The van der Waals surface area contributed by atoms with Crippen LogP contribution >= 0.6 is 23.2 Å². The topological polar surface area (TPSA) is 0 Å². The van der Waals surface area contributed by atoms with Crippen molar-refractivity contribution in [3.63, 3.8) is 0 Å². The Morgan fingerprint density at radius 1 is 0.875 bits per heavy atom. The molecule has 0 radical (unpaired) electrons. The van der Waals surface area contributed by atoms with Crippen LogP contribution in [0.3, 0.4) is 0 Å². The van der Waals surface area contributed by atoms with Crippen molar-refractivity contribution >= 4 is 23.2 Å². The van der Waals surface area contributed by atoms with Crippen LogP contribution in [0.5, 0.6) is 0 Å². The van der Waals surface area contributed by atoms with Crippen LogP contribution in [0.4, 0.5) is 4.39 Å². The molecule has 2 rings (SSSR count). The third-order valence-electron chi connectivity index (χ3n) is 2.30. The van der Waals surface area contributed by atoms with Gasteiger partial charge in [-0.15, -0.1) is 23.2 Å². The van der Waals surface area contributed by atoms with Crippen LogP contribution in [-0.4, -0.2) is 0 Å². The molecule has 0 nitrogen and oxygen atoms in total. The van der Waals surface area contributed by atoms with E-state index in [1.807, 2.05) is 30.3 Å². The lowest BCUT2D eigenvalue weighted by Crippen LogP contribution is -1.84. The van der Waals surface area contributed by atoms with Gasteiger partial charge in [-0.05, 0) is 34.9 Å². The van der Waals surface area contributed by atoms with Crippen molar-refractivity contribution in [3.8, 4) is 11.1 Å². The highest BCUT2D eigenvalue weighted by atomic mass is 35.5. The highest BCUT2D eigenvalue weighted by molar-refractivity contribution is 6.44. The molecule has 0 spiro atoms. The number of halogens is 3. The van der Waals surface area contributed by atoms with Crippen molar-refractivity contribution in [2.75, 3.05) is 0 Å². The van der Waals surface area contributed by atoms with Crippen molar-refractivity contribution in [2.45, 2.75) is 4.84 Å². The summed E-state index contributed by atoms with van der Waals surface area (Å²) in [7, 11) is 0. The summed E-state index contributed by atoms with van der Waals surface area (Å²) in [5, 5.41) is 0. The lowest BCUT2D eigenvalue weighted by atomic mass is 10.0. The molecule has 0 N–H and O–H groups in total. The maximum atomic E-state index is 13.1. The Morgan fingerprint density at radius 2 is 1.50 bits per heavy atom. The summed E-state index contributed by atoms with van der Waals surface area (Å²) >= 11 is 11.6. The second-order valence-electron chi connectivity index (χ2n) is 3.44. The van der Waals surface area contributed by atoms with Crippen LogP contribution in [-0.2, 0) is 0 Å². The van der Waals surface area contributed by atoms with Crippen LogP contribution in [0, 0.1) is 5.82 Å². The van der Waals surface area contributed by atoms with Crippen molar-refractivity contribution in [1.82, 2.24) is 0 Å². The van der Waals surface area contributed by atoms with Crippen molar-refractivity contribution in [3.05, 3.63) is 59.9 Å². The standard InChI is InChI=1S/C13H9Cl2F/c14-13(15)11-5-1-3-9(7-11)10-4-2-6-12(16)8-10/h1-8,13H. The predicted molar refractivity (Wildman–Crippen MR) is 66.3 cm³/mol. The second kappa shape index (κ2) is 4.86. The summed E-state index contributed by atoms with van der Waals surface area (Å²) in [5.74, 6) is -0.254. The van der Waals surface area contributed by atoms with E-state index in [-0.39, 0.29) is 5.82 Å². The summed E-state index contributed by atoms with van der Waals surface area (Å²) in [5.41, 5.74) is 2.53. The zero-order chi connectivity index (χ0) is 11.5. The highest BCUT2D eigenvalue weighted by Crippen LogP contribution is 2.28. The van der Waals surface area contributed by atoms with Crippen molar-refractivity contribution < 1.29 is 4.39 Å². The van der Waals surface area contributed by atoms with E-state index in [9.17, 15) is 4.39 Å². The minimum atomic E-state index is -0.562. The van der Waals surface area contributed by atoms with Gasteiger partial charge in [-0.1, -0.05) is 30.3 Å². The van der Waals surface area contributed by atoms with Gasteiger partial charge in [0, 0.05) is 0 Å². The third-order valence-corrected chi connectivity index (χ3v) is 2.80. The molecule has 0 fully saturated rings. The Kier molecular flexibility index (Phi) is 3.47. The molecule has 0 aliphatic rings. The van der Waals surface area contributed by atoms with Gasteiger partial charge in [0.25, 0.3) is 0 Å². The van der Waals surface area contributed by atoms with Crippen LogP contribution in [0.25, 0.3) is 11.1 Å². The van der Waals surface area contributed by atoms with Gasteiger partial charge in [0.15, 0.2) is 0 Å². The monoisotopic (exact) mass is 254 g/mol. The largest absolute Gasteiger partial charge is 0.207 e. The van der Waals surface area contributed by atoms with E-state index in [1.165, 1.54) is 12.1 Å². The smallest absolute Gasteiger partial charge is 0.132 e. The summed E-state index contributed by atoms with van der Waals surface area (Å²) in [6.45, 7) is 0. The van der Waals surface area contributed by atoms with Crippen LogP contribution < -0.4 is 0 Å². The van der Waals surface area contributed by atoms with Gasteiger partial charge in [-0.25, -0.2) is 4.39 Å².